The number of unbranched alkanes of at least 4 members (excludes halogenated alkanes) is 1. The molecule has 0 bridgehead atoms. The molecule has 1 aliphatic heterocycles. The van der Waals surface area contributed by atoms with E-state index in [1.165, 1.54) is 0 Å². The van der Waals surface area contributed by atoms with Crippen molar-refractivity contribution in [1.29, 1.82) is 0 Å². The van der Waals surface area contributed by atoms with E-state index in [1.807, 2.05) is 42.5 Å². The van der Waals surface area contributed by atoms with Crippen LogP contribution in [0.2, 0.25) is 5.02 Å². The number of pyridine rings is 1. The van der Waals surface area contributed by atoms with E-state index in [4.69, 9.17) is 16.6 Å². The average Bonchev–Trinajstić information content (AvgIpc) is 3.12. The number of hydrogen-bond acceptors (Lipinski definition) is 4. The zero-order chi connectivity index (χ0) is 22.0. The minimum atomic E-state index is -3.10. The Morgan fingerprint density at radius 3 is 2.61 bits per heavy atom. The summed E-state index contributed by atoms with van der Waals surface area (Å²) in [5.41, 5.74) is 2.62. The number of nitrogens with zero attached hydrogens (tertiary/aromatic N) is 2. The molecule has 2 heterocycles. The topological polar surface area (TPSA) is 67.3 Å². The van der Waals surface area contributed by atoms with E-state index < -0.39 is 9.84 Å². The molecule has 0 spiro atoms. The molecule has 1 amide bonds. The first-order valence-corrected chi connectivity index (χ1v) is 12.8. The first-order valence-electron chi connectivity index (χ1n) is 10.6. The van der Waals surface area contributed by atoms with Gasteiger partial charge in [-0.2, -0.15) is 0 Å². The maximum absolute atomic E-state index is 13.8. The van der Waals surface area contributed by atoms with Crippen molar-refractivity contribution in [2.45, 2.75) is 32.2 Å². The van der Waals surface area contributed by atoms with Crippen molar-refractivity contribution in [1.82, 2.24) is 9.88 Å². The molecule has 0 N–H and O–H groups in total. The summed E-state index contributed by atoms with van der Waals surface area (Å²) < 4.78 is 24.2. The molecule has 2 aromatic carbocycles. The van der Waals surface area contributed by atoms with Gasteiger partial charge in [-0.1, -0.05) is 61.3 Å². The van der Waals surface area contributed by atoms with Crippen molar-refractivity contribution in [2.24, 2.45) is 0 Å². The van der Waals surface area contributed by atoms with Gasteiger partial charge < -0.3 is 4.90 Å². The van der Waals surface area contributed by atoms with Gasteiger partial charge in [0.25, 0.3) is 5.91 Å². The highest BCUT2D eigenvalue weighted by Gasteiger charge is 2.35. The summed E-state index contributed by atoms with van der Waals surface area (Å²) in [7, 11) is -3.10. The van der Waals surface area contributed by atoms with Crippen LogP contribution in [0.25, 0.3) is 22.2 Å². The third-order valence-electron chi connectivity index (χ3n) is 5.76. The normalized spacial score (nSPS) is 17.7. The molecular formula is C24H25ClN2O3S. The predicted octanol–water partition coefficient (Wildman–Crippen LogP) is 4.98. The number of halogens is 1. The van der Waals surface area contributed by atoms with Crippen LogP contribution in [0.15, 0.2) is 54.6 Å². The number of amides is 1. The van der Waals surface area contributed by atoms with Crippen molar-refractivity contribution in [3.05, 3.63) is 65.2 Å². The Balaban J connectivity index is 1.82. The lowest BCUT2D eigenvalue weighted by Gasteiger charge is -2.29. The van der Waals surface area contributed by atoms with Crippen molar-refractivity contribution >= 4 is 38.2 Å². The third kappa shape index (κ3) is 4.60. The molecule has 3 aromatic rings. The number of para-hydroxylation sites is 1. The van der Waals surface area contributed by atoms with Crippen LogP contribution in [-0.2, 0) is 9.84 Å². The second kappa shape index (κ2) is 8.97. The van der Waals surface area contributed by atoms with Crippen LogP contribution in [0.3, 0.4) is 0 Å². The first-order chi connectivity index (χ1) is 14.9. The molecule has 4 rings (SSSR count). The number of hydrogen-bond donors (Lipinski definition) is 0. The molecule has 0 saturated carbocycles. The van der Waals surface area contributed by atoms with Gasteiger partial charge >= 0.3 is 0 Å². The molecular weight excluding hydrogens is 432 g/mol. The highest BCUT2D eigenvalue weighted by atomic mass is 35.5. The van der Waals surface area contributed by atoms with E-state index >= 15 is 0 Å². The summed E-state index contributed by atoms with van der Waals surface area (Å²) in [5.74, 6) is 0.0146. The number of sulfone groups is 1. The van der Waals surface area contributed by atoms with E-state index in [1.54, 1.807) is 17.0 Å². The fourth-order valence-electron chi connectivity index (χ4n) is 4.11. The van der Waals surface area contributed by atoms with Crippen LogP contribution < -0.4 is 0 Å². The zero-order valence-electron chi connectivity index (χ0n) is 17.4. The summed E-state index contributed by atoms with van der Waals surface area (Å²) in [6, 6.07) is 16.4. The number of carbonyl (C=O) groups excluding carboxylic acids is 1. The molecule has 5 nitrogen and oxygen atoms in total. The Kier molecular flexibility index (Phi) is 6.30. The minimum Gasteiger partial charge on any atom is -0.335 e. The monoisotopic (exact) mass is 456 g/mol. The zero-order valence-corrected chi connectivity index (χ0v) is 19.0. The van der Waals surface area contributed by atoms with E-state index in [2.05, 4.69) is 6.92 Å². The van der Waals surface area contributed by atoms with Gasteiger partial charge in [-0.3, -0.25) is 4.79 Å². The van der Waals surface area contributed by atoms with Crippen molar-refractivity contribution < 1.29 is 13.2 Å². The van der Waals surface area contributed by atoms with Gasteiger partial charge in [-0.15, -0.1) is 0 Å². The molecule has 1 aliphatic rings. The Bertz CT molecular complexity index is 1230. The lowest BCUT2D eigenvalue weighted by molar-refractivity contribution is 0.0696. The van der Waals surface area contributed by atoms with Gasteiger partial charge in [-0.25, -0.2) is 13.4 Å². The second-order valence-electron chi connectivity index (χ2n) is 7.96. The standard InChI is InChI=1S/C24H25ClN2O3S/c1-2-3-13-27(17-12-14-31(29,30)16-17)24(28)20-15-23(19-9-4-6-10-21(19)25)26-22-11-7-5-8-18(20)22/h4-11,15,17H,2-3,12-14,16H2,1H3. The highest BCUT2D eigenvalue weighted by Crippen LogP contribution is 2.31. The Labute approximate surface area is 188 Å². The lowest BCUT2D eigenvalue weighted by atomic mass is 10.0. The molecule has 1 atom stereocenters. The number of aromatic nitrogens is 1. The van der Waals surface area contributed by atoms with Gasteiger partial charge in [0.2, 0.25) is 0 Å². The number of rotatable bonds is 6. The SMILES string of the molecule is CCCCN(C(=O)c1cc(-c2ccccc2Cl)nc2ccccc12)C1CCS(=O)(=O)C1. The minimum absolute atomic E-state index is 0.0306. The highest BCUT2D eigenvalue weighted by molar-refractivity contribution is 7.91. The van der Waals surface area contributed by atoms with Gasteiger partial charge in [0.05, 0.1) is 28.3 Å². The van der Waals surface area contributed by atoms with Gasteiger partial charge in [0, 0.05) is 28.6 Å². The number of fused-ring (bicyclic) bond motifs is 1. The van der Waals surface area contributed by atoms with Crippen LogP contribution in [0.1, 0.15) is 36.5 Å². The van der Waals surface area contributed by atoms with Crippen LogP contribution >= 0.6 is 11.6 Å². The fraction of sp³-hybridized carbons (Fsp3) is 0.333. The van der Waals surface area contributed by atoms with Gasteiger partial charge in [0.15, 0.2) is 9.84 Å². The molecule has 1 unspecified atom stereocenters. The number of benzene rings is 2. The van der Waals surface area contributed by atoms with E-state index in [9.17, 15) is 13.2 Å². The predicted molar refractivity (Wildman–Crippen MR) is 125 cm³/mol. The van der Waals surface area contributed by atoms with Crippen LogP contribution in [0, 0.1) is 0 Å². The molecule has 162 valence electrons. The molecule has 1 saturated heterocycles. The smallest absolute Gasteiger partial charge is 0.254 e. The van der Waals surface area contributed by atoms with Gasteiger partial charge in [-0.05, 0) is 31.0 Å². The van der Waals surface area contributed by atoms with E-state index in [-0.39, 0.29) is 23.5 Å². The first kappa shape index (κ1) is 21.8. The third-order valence-corrected chi connectivity index (χ3v) is 7.84. The summed E-state index contributed by atoms with van der Waals surface area (Å²) in [5, 5.41) is 1.32. The molecule has 1 aromatic heterocycles. The summed E-state index contributed by atoms with van der Waals surface area (Å²) in [6.45, 7) is 2.60. The van der Waals surface area contributed by atoms with E-state index in [0.29, 0.717) is 34.8 Å². The van der Waals surface area contributed by atoms with Crippen LogP contribution in [0.5, 0.6) is 0 Å². The molecule has 0 radical (unpaired) electrons. The fourth-order valence-corrected chi connectivity index (χ4v) is 6.08. The Morgan fingerprint density at radius 2 is 1.90 bits per heavy atom. The summed E-state index contributed by atoms with van der Waals surface area (Å²) in [6.07, 6.45) is 2.23. The van der Waals surface area contributed by atoms with Crippen molar-refractivity contribution in [2.75, 3.05) is 18.1 Å². The molecule has 7 heteroatoms. The van der Waals surface area contributed by atoms with Crippen LogP contribution in [-0.4, -0.2) is 48.3 Å². The van der Waals surface area contributed by atoms with Crippen molar-refractivity contribution in [3.8, 4) is 11.3 Å². The summed E-state index contributed by atoms with van der Waals surface area (Å²) in [4.78, 5) is 20.3. The Hall–Kier alpha value is -2.44. The maximum atomic E-state index is 13.8. The van der Waals surface area contributed by atoms with Crippen molar-refractivity contribution in [3.63, 3.8) is 0 Å². The molecule has 1 fully saturated rings. The second-order valence-corrected chi connectivity index (χ2v) is 10.6. The van der Waals surface area contributed by atoms with Crippen LogP contribution in [0.4, 0.5) is 0 Å². The van der Waals surface area contributed by atoms with E-state index in [0.717, 1.165) is 23.8 Å². The quantitative estimate of drug-likeness (QED) is 0.524. The molecule has 0 aliphatic carbocycles. The summed E-state index contributed by atoms with van der Waals surface area (Å²) >= 11 is 6.41. The number of carbonyl (C=O) groups is 1. The maximum Gasteiger partial charge on any atom is 0.254 e. The lowest BCUT2D eigenvalue weighted by Crippen LogP contribution is -2.42. The Morgan fingerprint density at radius 1 is 1.16 bits per heavy atom. The average molecular weight is 457 g/mol. The molecule has 31 heavy (non-hydrogen) atoms. The van der Waals surface area contributed by atoms with Gasteiger partial charge in [0.1, 0.15) is 0 Å². The largest absolute Gasteiger partial charge is 0.335 e.